The van der Waals surface area contributed by atoms with E-state index in [1.54, 1.807) is 0 Å². The summed E-state index contributed by atoms with van der Waals surface area (Å²) in [7, 11) is 0. The number of hydrogen-bond donors (Lipinski definition) is 2. The molecule has 31 heavy (non-hydrogen) atoms. The molecule has 4 heterocycles. The Morgan fingerprint density at radius 2 is 1.87 bits per heavy atom. The number of piperidine rings is 1. The lowest BCUT2D eigenvalue weighted by molar-refractivity contribution is 0.0186. The van der Waals surface area contributed by atoms with Crippen LogP contribution in [0.5, 0.6) is 0 Å². The van der Waals surface area contributed by atoms with Gasteiger partial charge in [-0.2, -0.15) is 0 Å². The number of thiophene rings is 2. The first-order valence-electron chi connectivity index (χ1n) is 11.0. The predicted octanol–water partition coefficient (Wildman–Crippen LogP) is 4.03. The van der Waals surface area contributed by atoms with Gasteiger partial charge in [0.05, 0.1) is 30.8 Å². The second-order valence-corrected chi connectivity index (χ2v) is 9.66. The summed E-state index contributed by atoms with van der Waals surface area (Å²) in [6, 6.07) is 9.54. The zero-order valence-electron chi connectivity index (χ0n) is 18.2. The Balaban J connectivity index is 0.00000272. The first kappa shape index (κ1) is 24.8. The van der Waals surface area contributed by atoms with Crippen molar-refractivity contribution in [2.75, 3.05) is 57.4 Å². The molecule has 0 spiro atoms. The fraction of sp³-hybridized carbons (Fsp3) is 0.591. The van der Waals surface area contributed by atoms with E-state index in [-0.39, 0.29) is 24.0 Å². The van der Waals surface area contributed by atoms with E-state index in [4.69, 9.17) is 9.73 Å². The highest BCUT2D eigenvalue weighted by Crippen LogP contribution is 2.27. The summed E-state index contributed by atoms with van der Waals surface area (Å²) >= 11 is 3.66. The Kier molecular flexibility index (Phi) is 10.4. The monoisotopic (exact) mass is 575 g/mol. The number of halogens is 1. The van der Waals surface area contributed by atoms with Crippen LogP contribution in [-0.2, 0) is 4.74 Å². The van der Waals surface area contributed by atoms with Crippen LogP contribution in [0, 0.1) is 0 Å². The van der Waals surface area contributed by atoms with Crippen molar-refractivity contribution in [1.29, 1.82) is 0 Å². The van der Waals surface area contributed by atoms with Crippen molar-refractivity contribution in [2.45, 2.75) is 31.8 Å². The molecule has 0 bridgehead atoms. The summed E-state index contributed by atoms with van der Waals surface area (Å²) < 4.78 is 5.57. The SMILES string of the molecule is CCNC(=NCC(c1cccs1)N1CCOCC1)NC1CCN(c2cccs2)CC1.I. The van der Waals surface area contributed by atoms with E-state index in [0.29, 0.717) is 12.1 Å². The van der Waals surface area contributed by atoms with Gasteiger partial charge in [0.15, 0.2) is 5.96 Å². The van der Waals surface area contributed by atoms with E-state index in [1.165, 1.54) is 9.88 Å². The first-order chi connectivity index (χ1) is 14.8. The Bertz CT molecular complexity index is 757. The highest BCUT2D eigenvalue weighted by atomic mass is 127. The van der Waals surface area contributed by atoms with E-state index in [1.807, 2.05) is 22.7 Å². The Morgan fingerprint density at radius 1 is 1.13 bits per heavy atom. The first-order valence-corrected chi connectivity index (χ1v) is 12.8. The molecule has 6 nitrogen and oxygen atoms in total. The van der Waals surface area contributed by atoms with Crippen molar-refractivity contribution in [3.63, 3.8) is 0 Å². The Hall–Kier alpha value is -0.880. The zero-order valence-corrected chi connectivity index (χ0v) is 22.1. The van der Waals surface area contributed by atoms with Crippen LogP contribution in [0.4, 0.5) is 5.00 Å². The number of morpholine rings is 1. The van der Waals surface area contributed by atoms with Crippen molar-refractivity contribution < 1.29 is 4.74 Å². The molecule has 2 aromatic rings. The molecule has 0 aromatic carbocycles. The van der Waals surface area contributed by atoms with Gasteiger partial charge in [0.25, 0.3) is 0 Å². The van der Waals surface area contributed by atoms with Gasteiger partial charge in [-0.3, -0.25) is 9.89 Å². The molecule has 172 valence electrons. The molecule has 9 heteroatoms. The topological polar surface area (TPSA) is 52.1 Å². The standard InChI is InChI=1S/C22H33N5OS2.HI/c1-2-23-22(25-18-7-9-27(10-8-18)21-6-4-16-30-21)24-17-19(20-5-3-15-29-20)26-11-13-28-14-12-26;/h3-6,15-16,18-19H,2,7-14,17H2,1H3,(H2,23,24,25);1H. The minimum atomic E-state index is 0. The minimum absolute atomic E-state index is 0. The number of nitrogens with zero attached hydrogens (tertiary/aromatic N) is 3. The van der Waals surface area contributed by atoms with Crippen molar-refractivity contribution in [3.8, 4) is 0 Å². The number of nitrogens with one attached hydrogen (secondary N) is 2. The minimum Gasteiger partial charge on any atom is -0.379 e. The fourth-order valence-corrected chi connectivity index (χ4v) is 5.78. The van der Waals surface area contributed by atoms with Crippen LogP contribution < -0.4 is 15.5 Å². The number of anilines is 1. The number of ether oxygens (including phenoxy) is 1. The fourth-order valence-electron chi connectivity index (χ4n) is 4.14. The summed E-state index contributed by atoms with van der Waals surface area (Å²) in [6.45, 7) is 9.55. The van der Waals surface area contributed by atoms with Crippen LogP contribution in [0.2, 0.25) is 0 Å². The molecule has 2 aliphatic rings. The molecule has 2 aliphatic heterocycles. The Morgan fingerprint density at radius 3 is 2.52 bits per heavy atom. The third-order valence-electron chi connectivity index (χ3n) is 5.78. The maximum Gasteiger partial charge on any atom is 0.191 e. The second kappa shape index (κ2) is 13.0. The summed E-state index contributed by atoms with van der Waals surface area (Å²) in [5.41, 5.74) is 0. The number of rotatable bonds is 7. The van der Waals surface area contributed by atoms with Crippen molar-refractivity contribution >= 4 is 57.6 Å². The third-order valence-corrected chi connectivity index (χ3v) is 7.68. The zero-order chi connectivity index (χ0) is 20.6. The van der Waals surface area contributed by atoms with Crippen molar-refractivity contribution in [2.24, 2.45) is 4.99 Å². The van der Waals surface area contributed by atoms with Gasteiger partial charge in [0, 0.05) is 43.6 Å². The van der Waals surface area contributed by atoms with Crippen LogP contribution in [-0.4, -0.2) is 69.4 Å². The molecule has 0 aliphatic carbocycles. The molecular weight excluding hydrogens is 541 g/mol. The summed E-state index contributed by atoms with van der Waals surface area (Å²) in [5.74, 6) is 0.946. The molecule has 2 saturated heterocycles. The summed E-state index contributed by atoms with van der Waals surface area (Å²) in [6.07, 6.45) is 2.28. The molecule has 2 aromatic heterocycles. The molecule has 0 amide bonds. The number of hydrogen-bond acceptors (Lipinski definition) is 6. The average Bonchev–Trinajstić information content (AvgIpc) is 3.50. The maximum absolute atomic E-state index is 5.57. The number of aliphatic imine (C=N–C) groups is 1. The Labute approximate surface area is 211 Å². The van der Waals surface area contributed by atoms with E-state index in [9.17, 15) is 0 Å². The van der Waals surface area contributed by atoms with Crippen LogP contribution in [0.15, 0.2) is 40.0 Å². The molecule has 2 fully saturated rings. The number of guanidine groups is 1. The third kappa shape index (κ3) is 7.05. The van der Waals surface area contributed by atoms with Crippen LogP contribution in [0.1, 0.15) is 30.7 Å². The van der Waals surface area contributed by atoms with Gasteiger partial charge < -0.3 is 20.3 Å². The van der Waals surface area contributed by atoms with Gasteiger partial charge in [-0.05, 0) is 48.7 Å². The lowest BCUT2D eigenvalue weighted by Gasteiger charge is -2.34. The quantitative estimate of drug-likeness (QED) is 0.297. The van der Waals surface area contributed by atoms with Gasteiger partial charge in [-0.25, -0.2) is 0 Å². The largest absolute Gasteiger partial charge is 0.379 e. The second-order valence-electron chi connectivity index (χ2n) is 7.76. The highest BCUT2D eigenvalue weighted by Gasteiger charge is 2.24. The normalized spacial score (nSPS) is 19.6. The van der Waals surface area contributed by atoms with Crippen LogP contribution in [0.3, 0.4) is 0 Å². The molecule has 2 N–H and O–H groups in total. The molecular formula is C22H34IN5OS2. The smallest absolute Gasteiger partial charge is 0.191 e. The van der Waals surface area contributed by atoms with Gasteiger partial charge in [0.2, 0.25) is 0 Å². The van der Waals surface area contributed by atoms with Gasteiger partial charge in [-0.1, -0.05) is 6.07 Å². The van der Waals surface area contributed by atoms with Crippen LogP contribution >= 0.6 is 46.7 Å². The van der Waals surface area contributed by atoms with Gasteiger partial charge in [-0.15, -0.1) is 46.7 Å². The van der Waals surface area contributed by atoms with Crippen molar-refractivity contribution in [1.82, 2.24) is 15.5 Å². The maximum atomic E-state index is 5.57. The molecule has 1 unspecified atom stereocenters. The summed E-state index contributed by atoms with van der Waals surface area (Å²) in [4.78, 5) is 11.4. The lowest BCUT2D eigenvalue weighted by atomic mass is 10.1. The van der Waals surface area contributed by atoms with E-state index in [2.05, 4.69) is 62.4 Å². The van der Waals surface area contributed by atoms with Gasteiger partial charge >= 0.3 is 0 Å². The summed E-state index contributed by atoms with van der Waals surface area (Å²) in [5, 5.41) is 12.9. The highest BCUT2D eigenvalue weighted by molar-refractivity contribution is 14.0. The van der Waals surface area contributed by atoms with Crippen LogP contribution in [0.25, 0.3) is 0 Å². The average molecular weight is 576 g/mol. The van der Waals surface area contributed by atoms with E-state index < -0.39 is 0 Å². The van der Waals surface area contributed by atoms with Gasteiger partial charge in [0.1, 0.15) is 0 Å². The van der Waals surface area contributed by atoms with E-state index >= 15 is 0 Å². The van der Waals surface area contributed by atoms with Crippen molar-refractivity contribution in [3.05, 3.63) is 39.9 Å². The molecule has 0 saturated carbocycles. The lowest BCUT2D eigenvalue weighted by Crippen LogP contribution is -2.49. The molecule has 4 rings (SSSR count). The molecule has 1 atom stereocenters. The molecule has 0 radical (unpaired) electrons. The predicted molar refractivity (Wildman–Crippen MR) is 144 cm³/mol. The van der Waals surface area contributed by atoms with E-state index in [0.717, 1.165) is 71.3 Å².